The van der Waals surface area contributed by atoms with Crippen molar-refractivity contribution in [2.75, 3.05) is 0 Å². The van der Waals surface area contributed by atoms with Gasteiger partial charge < -0.3 is 10.5 Å². The van der Waals surface area contributed by atoms with E-state index in [-0.39, 0.29) is 11.8 Å². The minimum absolute atomic E-state index is 0.135. The van der Waals surface area contributed by atoms with Gasteiger partial charge in [-0.3, -0.25) is 5.10 Å². The van der Waals surface area contributed by atoms with Crippen molar-refractivity contribution in [3.63, 3.8) is 0 Å². The summed E-state index contributed by atoms with van der Waals surface area (Å²) in [5.41, 5.74) is 12.8. The molecule has 32 heavy (non-hydrogen) atoms. The molecule has 1 atom stereocenters. The van der Waals surface area contributed by atoms with Crippen molar-refractivity contribution in [2.24, 2.45) is 5.73 Å². The molecular formula is C27H22N4O. The topological polar surface area (TPSA) is 87.7 Å². The van der Waals surface area contributed by atoms with E-state index in [1.54, 1.807) is 0 Å². The van der Waals surface area contributed by atoms with Crippen LogP contribution in [0.3, 0.4) is 0 Å². The van der Waals surface area contributed by atoms with Gasteiger partial charge in [0.2, 0.25) is 11.8 Å². The molecule has 156 valence electrons. The van der Waals surface area contributed by atoms with Gasteiger partial charge in [-0.15, -0.1) is 5.10 Å². The highest BCUT2D eigenvalue weighted by atomic mass is 16.5. The Morgan fingerprint density at radius 1 is 0.875 bits per heavy atom. The van der Waals surface area contributed by atoms with Crippen LogP contribution >= 0.6 is 0 Å². The first-order valence-electron chi connectivity index (χ1n) is 10.6. The molecule has 1 aliphatic heterocycles. The summed E-state index contributed by atoms with van der Waals surface area (Å²) in [4.78, 5) is 0. The van der Waals surface area contributed by atoms with Crippen LogP contribution < -0.4 is 10.5 Å². The van der Waals surface area contributed by atoms with Crippen LogP contribution in [0.1, 0.15) is 23.5 Å². The van der Waals surface area contributed by atoms with Crippen molar-refractivity contribution in [1.29, 1.82) is 5.26 Å². The molecule has 4 aromatic rings. The maximum atomic E-state index is 9.82. The molecule has 0 amide bonds. The van der Waals surface area contributed by atoms with Crippen molar-refractivity contribution in [3.05, 3.63) is 108 Å². The van der Waals surface area contributed by atoms with Crippen molar-refractivity contribution in [3.8, 4) is 34.3 Å². The quantitative estimate of drug-likeness (QED) is 0.445. The molecule has 3 aromatic carbocycles. The molecular weight excluding hydrogens is 396 g/mol. The number of aromatic nitrogens is 2. The fourth-order valence-corrected chi connectivity index (χ4v) is 4.27. The number of nitrogens with one attached hydrogen (secondary N) is 1. The number of H-pyrrole nitrogens is 1. The standard InChI is InChI=1S/C27H22N4O/c28-17-23-22(16-11-18-7-3-1-4-8-18)24-25(30-31-27(24)32-26(23)29)21-14-12-20(13-15-21)19-9-5-2-6-10-19/h1-10,12-15,22H,11,16,29H2,(H,30,31)/t22-/m0/s1. The normalized spacial score (nSPS) is 15.0. The lowest BCUT2D eigenvalue weighted by atomic mass is 9.84. The lowest BCUT2D eigenvalue weighted by Gasteiger charge is -2.23. The maximum Gasteiger partial charge on any atom is 0.244 e. The lowest BCUT2D eigenvalue weighted by molar-refractivity contribution is 0.371. The van der Waals surface area contributed by atoms with E-state index >= 15 is 0 Å². The van der Waals surface area contributed by atoms with Crippen molar-refractivity contribution in [1.82, 2.24) is 10.2 Å². The van der Waals surface area contributed by atoms with Crippen molar-refractivity contribution < 1.29 is 4.74 Å². The van der Waals surface area contributed by atoms with Gasteiger partial charge in [0.1, 0.15) is 6.07 Å². The molecule has 5 nitrogen and oxygen atoms in total. The summed E-state index contributed by atoms with van der Waals surface area (Å²) in [5, 5.41) is 17.3. The second kappa shape index (κ2) is 8.44. The molecule has 3 N–H and O–H groups in total. The SMILES string of the molecule is N#CC1=C(N)Oc2n[nH]c(-c3ccc(-c4ccccc4)cc3)c2[C@H]1CCc1ccccc1. The predicted octanol–water partition coefficient (Wildman–Crippen LogP) is 5.55. The summed E-state index contributed by atoms with van der Waals surface area (Å²) >= 11 is 0. The van der Waals surface area contributed by atoms with Crippen molar-refractivity contribution >= 4 is 0 Å². The highest BCUT2D eigenvalue weighted by Gasteiger charge is 2.34. The zero-order valence-corrected chi connectivity index (χ0v) is 17.5. The van der Waals surface area contributed by atoms with Gasteiger partial charge in [0.05, 0.1) is 16.8 Å². The Balaban J connectivity index is 1.50. The number of nitrogens with zero attached hydrogens (tertiary/aromatic N) is 2. The number of fused-ring (bicyclic) bond motifs is 1. The molecule has 0 aliphatic carbocycles. The van der Waals surface area contributed by atoms with E-state index in [0.717, 1.165) is 40.8 Å². The first-order valence-corrected chi connectivity index (χ1v) is 10.6. The van der Waals surface area contributed by atoms with Crippen LogP contribution in [-0.4, -0.2) is 10.2 Å². The molecule has 0 unspecified atom stereocenters. The van der Waals surface area contributed by atoms with Gasteiger partial charge in [-0.1, -0.05) is 84.9 Å². The molecule has 0 saturated carbocycles. The molecule has 0 radical (unpaired) electrons. The summed E-state index contributed by atoms with van der Waals surface area (Å²) in [6.45, 7) is 0. The van der Waals surface area contributed by atoms with Gasteiger partial charge in [-0.25, -0.2) is 0 Å². The number of aromatic amines is 1. The van der Waals surface area contributed by atoms with E-state index in [1.165, 1.54) is 5.56 Å². The Morgan fingerprint density at radius 3 is 2.19 bits per heavy atom. The Kier molecular flexibility index (Phi) is 5.19. The first kappa shape index (κ1) is 19.7. The van der Waals surface area contributed by atoms with Gasteiger partial charge in [0, 0.05) is 11.5 Å². The number of nitrogens with two attached hydrogens (primary N) is 1. The number of allylic oxidation sites excluding steroid dienone is 1. The van der Waals surface area contributed by atoms with Gasteiger partial charge >= 0.3 is 0 Å². The van der Waals surface area contributed by atoms with Crippen LogP contribution in [0, 0.1) is 11.3 Å². The Labute approximate surface area is 186 Å². The van der Waals surface area contributed by atoms with Crippen LogP contribution in [0.15, 0.2) is 96.4 Å². The van der Waals surface area contributed by atoms with Gasteiger partial charge in [-0.2, -0.15) is 5.26 Å². The maximum absolute atomic E-state index is 9.82. The van der Waals surface area contributed by atoms with Gasteiger partial charge in [0.15, 0.2) is 0 Å². The monoisotopic (exact) mass is 418 g/mol. The van der Waals surface area contributed by atoms with Crippen LogP contribution in [0.5, 0.6) is 5.88 Å². The Hall–Kier alpha value is -4.30. The summed E-state index contributed by atoms with van der Waals surface area (Å²) in [7, 11) is 0. The Morgan fingerprint density at radius 2 is 1.50 bits per heavy atom. The second-order valence-electron chi connectivity index (χ2n) is 7.83. The number of ether oxygens (including phenoxy) is 1. The average Bonchev–Trinajstić information content (AvgIpc) is 3.27. The van der Waals surface area contributed by atoms with E-state index in [2.05, 4.69) is 64.8 Å². The number of rotatable bonds is 5. The number of nitriles is 1. The third-order valence-electron chi connectivity index (χ3n) is 5.90. The molecule has 2 heterocycles. The molecule has 0 fully saturated rings. The number of hydrogen-bond acceptors (Lipinski definition) is 4. The highest BCUT2D eigenvalue weighted by molar-refractivity contribution is 5.72. The second-order valence-corrected chi connectivity index (χ2v) is 7.83. The summed E-state index contributed by atoms with van der Waals surface area (Å²) < 4.78 is 5.71. The average molecular weight is 419 g/mol. The molecule has 5 rings (SSSR count). The minimum atomic E-state index is -0.188. The van der Waals surface area contributed by atoms with E-state index < -0.39 is 0 Å². The largest absolute Gasteiger partial charge is 0.420 e. The van der Waals surface area contributed by atoms with E-state index in [9.17, 15) is 5.26 Å². The molecule has 1 aromatic heterocycles. The third kappa shape index (κ3) is 3.63. The summed E-state index contributed by atoms with van der Waals surface area (Å²) in [6, 6.07) is 31.1. The molecule has 0 bridgehead atoms. The number of aryl methyl sites for hydroxylation is 1. The third-order valence-corrected chi connectivity index (χ3v) is 5.90. The fraction of sp³-hybridized carbons (Fsp3) is 0.111. The molecule has 0 saturated heterocycles. The number of hydrogen-bond donors (Lipinski definition) is 2. The molecule has 1 aliphatic rings. The van der Waals surface area contributed by atoms with Crippen LogP contribution in [0.4, 0.5) is 0 Å². The zero-order valence-electron chi connectivity index (χ0n) is 17.5. The molecule has 0 spiro atoms. The highest BCUT2D eigenvalue weighted by Crippen LogP contribution is 2.44. The fourth-order valence-electron chi connectivity index (χ4n) is 4.27. The summed E-state index contributed by atoms with van der Waals surface area (Å²) in [6.07, 6.45) is 1.56. The van der Waals surface area contributed by atoms with Crippen LogP contribution in [0.25, 0.3) is 22.4 Å². The zero-order chi connectivity index (χ0) is 21.9. The minimum Gasteiger partial charge on any atom is -0.420 e. The van der Waals surface area contributed by atoms with Gasteiger partial charge in [-0.05, 0) is 29.5 Å². The first-order chi connectivity index (χ1) is 15.7. The van der Waals surface area contributed by atoms with Crippen molar-refractivity contribution in [2.45, 2.75) is 18.8 Å². The summed E-state index contributed by atoms with van der Waals surface area (Å²) in [5.74, 6) is 0.392. The van der Waals surface area contributed by atoms with E-state index in [1.807, 2.05) is 36.4 Å². The number of benzene rings is 3. The predicted molar refractivity (Wildman–Crippen MR) is 124 cm³/mol. The van der Waals surface area contributed by atoms with E-state index in [4.69, 9.17) is 10.5 Å². The van der Waals surface area contributed by atoms with Crippen LogP contribution in [0.2, 0.25) is 0 Å². The Bertz CT molecular complexity index is 1300. The smallest absolute Gasteiger partial charge is 0.244 e. The van der Waals surface area contributed by atoms with Gasteiger partial charge in [0.25, 0.3) is 0 Å². The lowest BCUT2D eigenvalue weighted by Crippen LogP contribution is -2.20. The molecule has 5 heteroatoms. The van der Waals surface area contributed by atoms with E-state index in [0.29, 0.717) is 11.5 Å². The van der Waals surface area contributed by atoms with Crippen LogP contribution in [-0.2, 0) is 6.42 Å².